The van der Waals surface area contributed by atoms with E-state index in [0.29, 0.717) is 5.69 Å². The van der Waals surface area contributed by atoms with Crippen LogP contribution in [0.4, 0.5) is 16.2 Å². The van der Waals surface area contributed by atoms with Crippen LogP contribution >= 0.6 is 0 Å². The maximum absolute atomic E-state index is 11.8. The molecule has 0 saturated heterocycles. The zero-order valence-electron chi connectivity index (χ0n) is 11.0. The lowest BCUT2D eigenvalue weighted by molar-refractivity contribution is -0.384. The van der Waals surface area contributed by atoms with Crippen molar-refractivity contribution >= 4 is 17.4 Å². The Bertz CT molecular complexity index is 576. The van der Waals surface area contributed by atoms with Crippen molar-refractivity contribution in [3.8, 4) is 0 Å². The number of benzene rings is 1. The van der Waals surface area contributed by atoms with Gasteiger partial charge in [0.05, 0.1) is 4.92 Å². The van der Waals surface area contributed by atoms with Crippen LogP contribution in [0.25, 0.3) is 0 Å². The van der Waals surface area contributed by atoms with Crippen LogP contribution < -0.4 is 10.6 Å². The number of rotatable bonds is 4. The predicted octanol–water partition coefficient (Wildman–Crippen LogP) is 2.99. The third-order valence-corrected chi connectivity index (χ3v) is 3.04. The molecule has 2 rings (SSSR count). The number of carbonyl (C=O) groups excluding carboxylic acids is 1. The van der Waals surface area contributed by atoms with Crippen LogP contribution in [0.1, 0.15) is 13.3 Å². The van der Waals surface area contributed by atoms with Gasteiger partial charge < -0.3 is 10.6 Å². The van der Waals surface area contributed by atoms with Gasteiger partial charge in [0.25, 0.3) is 5.69 Å². The van der Waals surface area contributed by atoms with Crippen molar-refractivity contribution in [3.63, 3.8) is 0 Å². The molecule has 0 saturated carbocycles. The molecule has 104 valence electrons. The van der Waals surface area contributed by atoms with E-state index in [9.17, 15) is 14.9 Å². The Morgan fingerprint density at radius 3 is 2.60 bits per heavy atom. The monoisotopic (exact) mass is 273 g/mol. The minimum Gasteiger partial charge on any atom is -0.332 e. The van der Waals surface area contributed by atoms with Crippen molar-refractivity contribution in [2.24, 2.45) is 0 Å². The van der Waals surface area contributed by atoms with Crippen molar-refractivity contribution in [2.75, 3.05) is 5.32 Å². The Labute approximate surface area is 116 Å². The molecule has 0 bridgehead atoms. The summed E-state index contributed by atoms with van der Waals surface area (Å²) in [7, 11) is 0. The van der Waals surface area contributed by atoms with Crippen LogP contribution in [0, 0.1) is 10.1 Å². The molecule has 0 unspecified atom stereocenters. The smallest absolute Gasteiger partial charge is 0.319 e. The van der Waals surface area contributed by atoms with Crippen molar-refractivity contribution in [1.82, 2.24) is 5.32 Å². The number of nitrogens with one attached hydrogen (secondary N) is 2. The van der Waals surface area contributed by atoms with Gasteiger partial charge in [0, 0.05) is 23.9 Å². The summed E-state index contributed by atoms with van der Waals surface area (Å²) in [5.41, 5.74) is 1.65. The van der Waals surface area contributed by atoms with Gasteiger partial charge in [-0.15, -0.1) is 0 Å². The third-order valence-electron chi connectivity index (χ3n) is 3.04. The minimum absolute atomic E-state index is 0.00786. The first kappa shape index (κ1) is 13.8. The molecule has 1 atom stereocenters. The molecule has 0 heterocycles. The van der Waals surface area contributed by atoms with Gasteiger partial charge in [0.1, 0.15) is 0 Å². The maximum Gasteiger partial charge on any atom is 0.319 e. The molecule has 1 aromatic carbocycles. The van der Waals surface area contributed by atoms with Crippen LogP contribution in [0.15, 0.2) is 48.1 Å². The van der Waals surface area contributed by atoms with E-state index < -0.39 is 4.92 Å². The van der Waals surface area contributed by atoms with Gasteiger partial charge >= 0.3 is 6.03 Å². The highest BCUT2D eigenvalue weighted by molar-refractivity contribution is 5.89. The molecular weight excluding hydrogens is 258 g/mol. The largest absolute Gasteiger partial charge is 0.332 e. The molecule has 0 spiro atoms. The van der Waals surface area contributed by atoms with Gasteiger partial charge in [-0.25, -0.2) is 4.79 Å². The number of hydrogen-bond donors (Lipinski definition) is 2. The summed E-state index contributed by atoms with van der Waals surface area (Å²) in [5, 5.41) is 16.0. The SMILES string of the molecule is C[C@@H](NC(=O)Nc1ccc([N+](=O)[O-])cc1)C1=CC=CC1. The number of allylic oxidation sites excluding steroid dienone is 3. The molecule has 20 heavy (non-hydrogen) atoms. The van der Waals surface area contributed by atoms with Crippen LogP contribution in [-0.4, -0.2) is 17.0 Å². The molecule has 0 fully saturated rings. The Hall–Kier alpha value is -2.63. The number of anilines is 1. The first-order valence-corrected chi connectivity index (χ1v) is 6.24. The Balaban J connectivity index is 1.89. The van der Waals surface area contributed by atoms with E-state index in [1.807, 2.05) is 25.2 Å². The Morgan fingerprint density at radius 1 is 1.35 bits per heavy atom. The first-order valence-electron chi connectivity index (χ1n) is 6.24. The topological polar surface area (TPSA) is 84.3 Å². The van der Waals surface area contributed by atoms with Gasteiger partial charge in [0.2, 0.25) is 0 Å². The number of nitro groups is 1. The average Bonchev–Trinajstić information content (AvgIpc) is 2.93. The lowest BCUT2D eigenvalue weighted by Gasteiger charge is -2.15. The van der Waals surface area contributed by atoms with Gasteiger partial charge in [-0.3, -0.25) is 10.1 Å². The first-order chi connectivity index (χ1) is 9.56. The van der Waals surface area contributed by atoms with E-state index >= 15 is 0 Å². The molecule has 6 nitrogen and oxygen atoms in total. The molecule has 0 aromatic heterocycles. The minimum atomic E-state index is -0.481. The number of hydrogen-bond acceptors (Lipinski definition) is 3. The predicted molar refractivity (Wildman–Crippen MR) is 76.6 cm³/mol. The van der Waals surface area contributed by atoms with Crippen molar-refractivity contribution in [3.05, 3.63) is 58.2 Å². The standard InChI is InChI=1S/C14H15N3O3/c1-10(11-4-2-3-5-11)15-14(18)16-12-6-8-13(9-7-12)17(19)20/h2-4,6-10H,5H2,1H3,(H2,15,16,18)/t10-/m1/s1. The molecule has 0 radical (unpaired) electrons. The van der Waals surface area contributed by atoms with Crippen LogP contribution in [0.2, 0.25) is 0 Å². The molecule has 2 N–H and O–H groups in total. The van der Waals surface area contributed by atoms with Crippen molar-refractivity contribution in [2.45, 2.75) is 19.4 Å². The molecule has 2 amide bonds. The normalized spacial score (nSPS) is 14.6. The summed E-state index contributed by atoms with van der Waals surface area (Å²) in [4.78, 5) is 21.8. The fraction of sp³-hybridized carbons (Fsp3) is 0.214. The number of urea groups is 1. The van der Waals surface area contributed by atoms with Gasteiger partial charge in [-0.05, 0) is 31.1 Å². The van der Waals surface area contributed by atoms with E-state index in [-0.39, 0.29) is 17.8 Å². The molecule has 6 heteroatoms. The van der Waals surface area contributed by atoms with Crippen molar-refractivity contribution in [1.29, 1.82) is 0 Å². The van der Waals surface area contributed by atoms with Gasteiger partial charge in [-0.1, -0.05) is 18.2 Å². The molecule has 1 aliphatic rings. The van der Waals surface area contributed by atoms with Crippen molar-refractivity contribution < 1.29 is 9.72 Å². The average molecular weight is 273 g/mol. The van der Waals surface area contributed by atoms with Gasteiger partial charge in [-0.2, -0.15) is 0 Å². The van der Waals surface area contributed by atoms with E-state index in [1.165, 1.54) is 24.3 Å². The fourth-order valence-electron chi connectivity index (χ4n) is 1.91. The number of non-ortho nitro benzene ring substituents is 1. The van der Waals surface area contributed by atoms with E-state index in [4.69, 9.17) is 0 Å². The highest BCUT2D eigenvalue weighted by Crippen LogP contribution is 2.16. The summed E-state index contributed by atoms with van der Waals surface area (Å²) < 4.78 is 0. The highest BCUT2D eigenvalue weighted by atomic mass is 16.6. The van der Waals surface area contributed by atoms with Crippen LogP contribution in [-0.2, 0) is 0 Å². The van der Waals surface area contributed by atoms with E-state index in [0.717, 1.165) is 12.0 Å². The summed E-state index contributed by atoms with van der Waals surface area (Å²) in [5.74, 6) is 0. The molecule has 1 aliphatic carbocycles. The Kier molecular flexibility index (Phi) is 4.14. The number of nitrogens with zero attached hydrogens (tertiary/aromatic N) is 1. The Morgan fingerprint density at radius 2 is 2.05 bits per heavy atom. The fourth-order valence-corrected chi connectivity index (χ4v) is 1.91. The highest BCUT2D eigenvalue weighted by Gasteiger charge is 2.13. The second kappa shape index (κ2) is 6.01. The van der Waals surface area contributed by atoms with E-state index in [2.05, 4.69) is 10.6 Å². The zero-order valence-corrected chi connectivity index (χ0v) is 11.0. The lowest BCUT2D eigenvalue weighted by atomic mass is 10.1. The summed E-state index contributed by atoms with van der Waals surface area (Å²) in [6.07, 6.45) is 6.82. The van der Waals surface area contributed by atoms with E-state index in [1.54, 1.807) is 0 Å². The quantitative estimate of drug-likeness (QED) is 0.653. The van der Waals surface area contributed by atoms with Gasteiger partial charge in [0.15, 0.2) is 0 Å². The maximum atomic E-state index is 11.8. The molecule has 0 aliphatic heterocycles. The number of amides is 2. The van der Waals surface area contributed by atoms with Crippen LogP contribution in [0.3, 0.4) is 0 Å². The second-order valence-electron chi connectivity index (χ2n) is 4.50. The number of nitro benzene ring substituents is 1. The zero-order chi connectivity index (χ0) is 14.5. The lowest BCUT2D eigenvalue weighted by Crippen LogP contribution is -2.37. The summed E-state index contributed by atoms with van der Waals surface area (Å²) in [6, 6.07) is 5.31. The summed E-state index contributed by atoms with van der Waals surface area (Å²) >= 11 is 0. The van der Waals surface area contributed by atoms with Crippen LogP contribution in [0.5, 0.6) is 0 Å². The summed E-state index contributed by atoms with van der Waals surface area (Å²) in [6.45, 7) is 1.91. The molecular formula is C14H15N3O3. The second-order valence-corrected chi connectivity index (χ2v) is 4.50. The molecule has 1 aromatic rings. The third kappa shape index (κ3) is 3.44. The number of carbonyl (C=O) groups is 1.